The third kappa shape index (κ3) is 3.80. The first-order valence-corrected chi connectivity index (χ1v) is 5.82. The van der Waals surface area contributed by atoms with E-state index in [1.54, 1.807) is 6.20 Å². The maximum absolute atomic E-state index is 9.81. The minimum atomic E-state index is -0.678. The van der Waals surface area contributed by atoms with Crippen molar-refractivity contribution in [1.82, 2.24) is 4.98 Å². The van der Waals surface area contributed by atoms with Crippen LogP contribution in [0, 0.1) is 6.92 Å². The van der Waals surface area contributed by atoms with Crippen molar-refractivity contribution in [2.75, 3.05) is 11.9 Å². The molecular weight excluding hydrogens is 256 g/mol. The lowest BCUT2D eigenvalue weighted by molar-refractivity contribution is 0.0696. The van der Waals surface area contributed by atoms with Gasteiger partial charge in [-0.1, -0.05) is 6.92 Å². The van der Waals surface area contributed by atoms with Gasteiger partial charge in [-0.15, -0.1) is 0 Å². The van der Waals surface area contributed by atoms with E-state index in [9.17, 15) is 5.11 Å². The average Bonchev–Trinajstić information content (AvgIpc) is 2.20. The molecule has 0 aliphatic carbocycles. The highest BCUT2D eigenvalue weighted by molar-refractivity contribution is 9.10. The Balaban J connectivity index is 2.62. The Kier molecular flexibility index (Phi) is 4.11. The summed E-state index contributed by atoms with van der Waals surface area (Å²) in [6, 6.07) is 1.95. The van der Waals surface area contributed by atoms with Gasteiger partial charge in [-0.3, -0.25) is 0 Å². The fourth-order valence-electron chi connectivity index (χ4n) is 1.04. The second-order valence-electron chi connectivity index (χ2n) is 4.02. The molecule has 0 aromatic carbocycles. The number of rotatable bonds is 4. The number of aliphatic hydroxyl groups is 1. The molecule has 0 fully saturated rings. The molecule has 0 saturated heterocycles. The molecule has 0 amide bonds. The molecule has 1 aromatic heterocycles. The quantitative estimate of drug-likeness (QED) is 0.886. The van der Waals surface area contributed by atoms with Crippen LogP contribution in [-0.4, -0.2) is 22.2 Å². The molecule has 1 heterocycles. The minimum Gasteiger partial charge on any atom is -0.388 e. The molecule has 1 rings (SSSR count). The lowest BCUT2D eigenvalue weighted by Gasteiger charge is -2.21. The number of pyridine rings is 1. The van der Waals surface area contributed by atoms with Crippen molar-refractivity contribution in [2.45, 2.75) is 32.8 Å². The summed E-state index contributed by atoms with van der Waals surface area (Å²) in [4.78, 5) is 4.21. The van der Waals surface area contributed by atoms with E-state index >= 15 is 0 Å². The van der Waals surface area contributed by atoms with E-state index in [0.717, 1.165) is 22.3 Å². The van der Waals surface area contributed by atoms with Gasteiger partial charge in [0, 0.05) is 17.2 Å². The molecule has 15 heavy (non-hydrogen) atoms. The molecule has 1 atom stereocenters. The van der Waals surface area contributed by atoms with Crippen LogP contribution < -0.4 is 5.32 Å². The Labute approximate surface area is 99.1 Å². The van der Waals surface area contributed by atoms with Crippen molar-refractivity contribution in [3.8, 4) is 0 Å². The Bertz CT molecular complexity index is 339. The van der Waals surface area contributed by atoms with E-state index in [2.05, 4.69) is 26.2 Å². The molecule has 0 radical (unpaired) electrons. The van der Waals surface area contributed by atoms with E-state index in [-0.39, 0.29) is 0 Å². The first kappa shape index (κ1) is 12.5. The summed E-state index contributed by atoms with van der Waals surface area (Å²) in [5.41, 5.74) is 0.450. The Morgan fingerprint density at radius 3 is 2.80 bits per heavy atom. The number of aryl methyl sites for hydroxylation is 1. The SMILES string of the molecule is CCC(C)(O)CNc1cc(C)c(Br)cn1. The fraction of sp³-hybridized carbons (Fsp3) is 0.545. The van der Waals surface area contributed by atoms with Crippen LogP contribution in [0.1, 0.15) is 25.8 Å². The molecule has 0 saturated carbocycles. The largest absolute Gasteiger partial charge is 0.388 e. The highest BCUT2D eigenvalue weighted by atomic mass is 79.9. The lowest BCUT2D eigenvalue weighted by Crippen LogP contribution is -2.32. The highest BCUT2D eigenvalue weighted by Crippen LogP contribution is 2.18. The van der Waals surface area contributed by atoms with Gasteiger partial charge < -0.3 is 10.4 Å². The summed E-state index contributed by atoms with van der Waals surface area (Å²) in [5, 5.41) is 12.9. The smallest absolute Gasteiger partial charge is 0.126 e. The van der Waals surface area contributed by atoms with E-state index in [4.69, 9.17) is 0 Å². The molecule has 0 bridgehead atoms. The van der Waals surface area contributed by atoms with Crippen molar-refractivity contribution < 1.29 is 5.11 Å². The molecule has 2 N–H and O–H groups in total. The van der Waals surface area contributed by atoms with Crippen LogP contribution in [0.15, 0.2) is 16.7 Å². The summed E-state index contributed by atoms with van der Waals surface area (Å²) in [7, 11) is 0. The van der Waals surface area contributed by atoms with E-state index in [1.165, 1.54) is 0 Å². The maximum atomic E-state index is 9.81. The minimum absolute atomic E-state index is 0.511. The summed E-state index contributed by atoms with van der Waals surface area (Å²) in [5.74, 6) is 0.796. The van der Waals surface area contributed by atoms with Crippen molar-refractivity contribution in [1.29, 1.82) is 0 Å². The number of aromatic nitrogens is 1. The predicted octanol–water partition coefficient (Wildman–Crippen LogP) is 2.73. The Morgan fingerprint density at radius 2 is 2.27 bits per heavy atom. The number of nitrogens with zero attached hydrogens (tertiary/aromatic N) is 1. The van der Waals surface area contributed by atoms with E-state index in [1.807, 2.05) is 26.8 Å². The van der Waals surface area contributed by atoms with Gasteiger partial charge >= 0.3 is 0 Å². The van der Waals surface area contributed by atoms with Crippen molar-refractivity contribution in [2.24, 2.45) is 0 Å². The third-order valence-corrected chi connectivity index (χ3v) is 3.29. The van der Waals surface area contributed by atoms with Gasteiger partial charge in [0.25, 0.3) is 0 Å². The van der Waals surface area contributed by atoms with Crippen LogP contribution >= 0.6 is 15.9 Å². The normalized spacial score (nSPS) is 14.7. The molecule has 3 nitrogen and oxygen atoms in total. The molecular formula is C11H17BrN2O. The first-order chi connectivity index (χ1) is 6.94. The molecule has 0 spiro atoms. The number of halogens is 1. The van der Waals surface area contributed by atoms with Crippen LogP contribution in [-0.2, 0) is 0 Å². The topological polar surface area (TPSA) is 45.1 Å². The van der Waals surface area contributed by atoms with Gasteiger partial charge in [0.05, 0.1) is 5.60 Å². The molecule has 84 valence electrons. The van der Waals surface area contributed by atoms with Crippen molar-refractivity contribution in [3.05, 3.63) is 22.3 Å². The monoisotopic (exact) mass is 272 g/mol. The number of nitrogens with one attached hydrogen (secondary N) is 1. The number of anilines is 1. The molecule has 1 aromatic rings. The Hall–Kier alpha value is -0.610. The highest BCUT2D eigenvalue weighted by Gasteiger charge is 2.16. The zero-order chi connectivity index (χ0) is 11.5. The van der Waals surface area contributed by atoms with Gasteiger partial charge in [0.15, 0.2) is 0 Å². The van der Waals surface area contributed by atoms with Gasteiger partial charge in [-0.25, -0.2) is 4.98 Å². The molecule has 0 aliphatic heterocycles. The van der Waals surface area contributed by atoms with Gasteiger partial charge in [-0.05, 0) is 47.8 Å². The summed E-state index contributed by atoms with van der Waals surface area (Å²) in [6.07, 6.45) is 2.48. The van der Waals surface area contributed by atoms with Crippen molar-refractivity contribution in [3.63, 3.8) is 0 Å². The van der Waals surface area contributed by atoms with Gasteiger partial charge in [0.2, 0.25) is 0 Å². The zero-order valence-electron chi connectivity index (χ0n) is 9.34. The number of hydrogen-bond acceptors (Lipinski definition) is 3. The van der Waals surface area contributed by atoms with Gasteiger partial charge in [-0.2, -0.15) is 0 Å². The standard InChI is InChI=1S/C11H17BrN2O/c1-4-11(3,15)7-14-10-5-8(2)9(12)6-13-10/h5-6,15H,4,7H2,1-3H3,(H,13,14). The van der Waals surface area contributed by atoms with E-state index in [0.29, 0.717) is 6.54 Å². The van der Waals surface area contributed by atoms with Crippen LogP contribution in [0.5, 0.6) is 0 Å². The molecule has 1 unspecified atom stereocenters. The zero-order valence-corrected chi connectivity index (χ0v) is 10.9. The summed E-state index contributed by atoms with van der Waals surface area (Å²) >= 11 is 3.39. The van der Waals surface area contributed by atoms with Crippen LogP contribution in [0.3, 0.4) is 0 Å². The second-order valence-corrected chi connectivity index (χ2v) is 4.88. The summed E-state index contributed by atoms with van der Waals surface area (Å²) in [6.45, 7) is 6.29. The molecule has 0 aliphatic rings. The van der Waals surface area contributed by atoms with Crippen LogP contribution in [0.2, 0.25) is 0 Å². The second kappa shape index (κ2) is 4.94. The van der Waals surface area contributed by atoms with Crippen molar-refractivity contribution >= 4 is 21.7 Å². The molecule has 4 heteroatoms. The fourth-order valence-corrected chi connectivity index (χ4v) is 1.26. The number of hydrogen-bond donors (Lipinski definition) is 2. The van der Waals surface area contributed by atoms with E-state index < -0.39 is 5.60 Å². The predicted molar refractivity (Wildman–Crippen MR) is 66.1 cm³/mol. The average molecular weight is 273 g/mol. The lowest BCUT2D eigenvalue weighted by atomic mass is 10.0. The summed E-state index contributed by atoms with van der Waals surface area (Å²) < 4.78 is 0.996. The maximum Gasteiger partial charge on any atom is 0.126 e. The first-order valence-electron chi connectivity index (χ1n) is 5.03. The third-order valence-electron chi connectivity index (χ3n) is 2.46. The van der Waals surface area contributed by atoms with Crippen LogP contribution in [0.4, 0.5) is 5.82 Å². The van der Waals surface area contributed by atoms with Gasteiger partial charge in [0.1, 0.15) is 5.82 Å². The van der Waals surface area contributed by atoms with Crippen LogP contribution in [0.25, 0.3) is 0 Å². The Morgan fingerprint density at radius 1 is 1.60 bits per heavy atom.